The fourth-order valence-corrected chi connectivity index (χ4v) is 2.78. The summed E-state index contributed by atoms with van der Waals surface area (Å²) in [5.41, 5.74) is 4.18. The third kappa shape index (κ3) is 6.17. The average molecular weight is 388 g/mol. The summed E-state index contributed by atoms with van der Waals surface area (Å²) in [6, 6.07) is 16.9. The van der Waals surface area contributed by atoms with Gasteiger partial charge in [-0.3, -0.25) is 4.79 Å². The highest BCUT2D eigenvalue weighted by atomic mass is 16.5. The molecule has 0 atom stereocenters. The van der Waals surface area contributed by atoms with E-state index < -0.39 is 0 Å². The third-order valence-corrected chi connectivity index (χ3v) is 3.99. The number of benzene rings is 2. The molecule has 1 aromatic heterocycles. The average Bonchev–Trinajstić information content (AvgIpc) is 2.67. The van der Waals surface area contributed by atoms with E-state index in [1.807, 2.05) is 75.4 Å². The molecule has 0 bridgehead atoms. The maximum Gasteiger partial charge on any atom is 0.248 e. The summed E-state index contributed by atoms with van der Waals surface area (Å²) in [5.74, 6) is 1.13. The van der Waals surface area contributed by atoms with Crippen molar-refractivity contribution in [3.63, 3.8) is 0 Å². The highest BCUT2D eigenvalue weighted by Crippen LogP contribution is 2.19. The molecule has 29 heavy (non-hydrogen) atoms. The van der Waals surface area contributed by atoms with Crippen LogP contribution in [0.1, 0.15) is 23.9 Å². The number of aryl methyl sites for hydroxylation is 2. The van der Waals surface area contributed by atoms with E-state index in [-0.39, 0.29) is 5.91 Å². The monoisotopic (exact) mass is 388 g/mol. The lowest BCUT2D eigenvalue weighted by Crippen LogP contribution is -2.08. The standard InChI is InChI=1S/C23H24N4O2/c1-4-29-21-11-8-18(9-12-21)10-13-22(28)26-19-6-5-7-20(15-19)27-23-24-16(2)14-17(3)25-23/h5-15H,4H2,1-3H3,(H,26,28)(H,24,25,27)/b13-10+. The van der Waals surface area contributed by atoms with Gasteiger partial charge in [-0.2, -0.15) is 0 Å². The Labute approximate surface area is 170 Å². The molecule has 6 nitrogen and oxygen atoms in total. The number of carbonyl (C=O) groups is 1. The predicted molar refractivity (Wildman–Crippen MR) is 117 cm³/mol. The van der Waals surface area contributed by atoms with Crippen LogP contribution in [0.4, 0.5) is 17.3 Å². The summed E-state index contributed by atoms with van der Waals surface area (Å²) in [5, 5.41) is 6.03. The minimum Gasteiger partial charge on any atom is -0.494 e. The van der Waals surface area contributed by atoms with Crippen LogP contribution in [0.25, 0.3) is 6.08 Å². The van der Waals surface area contributed by atoms with Crippen molar-refractivity contribution < 1.29 is 9.53 Å². The van der Waals surface area contributed by atoms with Gasteiger partial charge in [-0.1, -0.05) is 18.2 Å². The fraction of sp³-hybridized carbons (Fsp3) is 0.174. The Morgan fingerprint density at radius 1 is 1.00 bits per heavy atom. The van der Waals surface area contributed by atoms with Crippen molar-refractivity contribution in [3.05, 3.63) is 77.6 Å². The van der Waals surface area contributed by atoms with Gasteiger partial charge in [-0.25, -0.2) is 9.97 Å². The van der Waals surface area contributed by atoms with Gasteiger partial charge in [-0.05, 0) is 68.8 Å². The van der Waals surface area contributed by atoms with Gasteiger partial charge in [0.1, 0.15) is 5.75 Å². The molecule has 0 radical (unpaired) electrons. The molecule has 6 heteroatoms. The van der Waals surface area contributed by atoms with Crippen LogP contribution in [0.2, 0.25) is 0 Å². The molecule has 0 saturated carbocycles. The smallest absolute Gasteiger partial charge is 0.248 e. The number of hydrogen-bond acceptors (Lipinski definition) is 5. The summed E-state index contributed by atoms with van der Waals surface area (Å²) in [6.07, 6.45) is 3.26. The molecule has 0 aliphatic carbocycles. The van der Waals surface area contributed by atoms with Crippen LogP contribution in [0.15, 0.2) is 60.7 Å². The second-order valence-electron chi connectivity index (χ2n) is 6.50. The van der Waals surface area contributed by atoms with E-state index in [0.717, 1.165) is 28.4 Å². The normalized spacial score (nSPS) is 10.7. The van der Waals surface area contributed by atoms with E-state index in [1.165, 1.54) is 6.08 Å². The minimum absolute atomic E-state index is 0.210. The van der Waals surface area contributed by atoms with E-state index in [9.17, 15) is 4.79 Å². The van der Waals surface area contributed by atoms with E-state index in [0.29, 0.717) is 18.2 Å². The zero-order chi connectivity index (χ0) is 20.6. The Bertz CT molecular complexity index is 993. The Hall–Kier alpha value is -3.67. The molecule has 1 heterocycles. The molecule has 2 aromatic carbocycles. The van der Waals surface area contributed by atoms with E-state index in [2.05, 4.69) is 20.6 Å². The number of amides is 1. The van der Waals surface area contributed by atoms with Crippen molar-refractivity contribution in [3.8, 4) is 5.75 Å². The van der Waals surface area contributed by atoms with Gasteiger partial charge in [0, 0.05) is 28.8 Å². The highest BCUT2D eigenvalue weighted by Gasteiger charge is 2.03. The number of nitrogens with zero attached hydrogens (tertiary/aromatic N) is 2. The molecule has 0 saturated heterocycles. The van der Waals surface area contributed by atoms with Crippen molar-refractivity contribution in [1.82, 2.24) is 9.97 Å². The maximum atomic E-state index is 12.2. The summed E-state index contributed by atoms with van der Waals surface area (Å²) in [6.45, 7) is 6.42. The zero-order valence-corrected chi connectivity index (χ0v) is 16.8. The third-order valence-electron chi connectivity index (χ3n) is 3.99. The Balaban J connectivity index is 1.62. The van der Waals surface area contributed by atoms with Crippen LogP contribution in [0.3, 0.4) is 0 Å². The summed E-state index contributed by atoms with van der Waals surface area (Å²) < 4.78 is 5.41. The Kier molecular flexibility index (Phi) is 6.58. The highest BCUT2D eigenvalue weighted by molar-refractivity contribution is 6.02. The Morgan fingerprint density at radius 3 is 2.38 bits per heavy atom. The van der Waals surface area contributed by atoms with Gasteiger partial charge in [0.25, 0.3) is 0 Å². The van der Waals surface area contributed by atoms with Gasteiger partial charge >= 0.3 is 0 Å². The molecule has 148 valence electrons. The molecular formula is C23H24N4O2. The largest absolute Gasteiger partial charge is 0.494 e. The van der Waals surface area contributed by atoms with E-state index in [1.54, 1.807) is 6.08 Å². The first-order chi connectivity index (χ1) is 14.0. The van der Waals surface area contributed by atoms with E-state index in [4.69, 9.17) is 4.74 Å². The number of carbonyl (C=O) groups excluding carboxylic acids is 1. The topological polar surface area (TPSA) is 76.1 Å². The summed E-state index contributed by atoms with van der Waals surface area (Å²) >= 11 is 0. The van der Waals surface area contributed by atoms with Crippen molar-refractivity contribution in [1.29, 1.82) is 0 Å². The first kappa shape index (κ1) is 20.1. The zero-order valence-electron chi connectivity index (χ0n) is 16.8. The fourth-order valence-electron chi connectivity index (χ4n) is 2.78. The lowest BCUT2D eigenvalue weighted by atomic mass is 10.2. The second kappa shape index (κ2) is 9.50. The molecule has 0 unspecified atom stereocenters. The number of ether oxygens (including phenoxy) is 1. The maximum absolute atomic E-state index is 12.2. The molecule has 2 N–H and O–H groups in total. The minimum atomic E-state index is -0.210. The SMILES string of the molecule is CCOc1ccc(/C=C/C(=O)Nc2cccc(Nc3nc(C)cc(C)n3)c2)cc1. The van der Waals surface area contributed by atoms with Crippen molar-refractivity contribution in [2.75, 3.05) is 17.2 Å². The van der Waals surface area contributed by atoms with Gasteiger partial charge < -0.3 is 15.4 Å². The second-order valence-corrected chi connectivity index (χ2v) is 6.50. The summed E-state index contributed by atoms with van der Waals surface area (Å²) in [4.78, 5) is 21.0. The number of aromatic nitrogens is 2. The lowest BCUT2D eigenvalue weighted by Gasteiger charge is -2.09. The first-order valence-corrected chi connectivity index (χ1v) is 9.43. The quantitative estimate of drug-likeness (QED) is 0.564. The van der Waals surface area contributed by atoms with Crippen molar-refractivity contribution >= 4 is 29.3 Å². The number of hydrogen-bond donors (Lipinski definition) is 2. The van der Waals surface area contributed by atoms with Crippen LogP contribution >= 0.6 is 0 Å². The van der Waals surface area contributed by atoms with Crippen molar-refractivity contribution in [2.24, 2.45) is 0 Å². The molecule has 0 aliphatic heterocycles. The van der Waals surface area contributed by atoms with Gasteiger partial charge in [0.05, 0.1) is 6.61 Å². The number of anilines is 3. The molecule has 0 aliphatic rings. The van der Waals surface area contributed by atoms with Crippen LogP contribution < -0.4 is 15.4 Å². The Morgan fingerprint density at radius 2 is 1.69 bits per heavy atom. The molecule has 3 aromatic rings. The van der Waals surface area contributed by atoms with Gasteiger partial charge in [-0.15, -0.1) is 0 Å². The van der Waals surface area contributed by atoms with Crippen LogP contribution in [0, 0.1) is 13.8 Å². The van der Waals surface area contributed by atoms with Crippen LogP contribution in [-0.2, 0) is 4.79 Å². The molecular weight excluding hydrogens is 364 g/mol. The van der Waals surface area contributed by atoms with Gasteiger partial charge in [0.2, 0.25) is 11.9 Å². The molecule has 1 amide bonds. The van der Waals surface area contributed by atoms with Crippen molar-refractivity contribution in [2.45, 2.75) is 20.8 Å². The number of nitrogens with one attached hydrogen (secondary N) is 2. The summed E-state index contributed by atoms with van der Waals surface area (Å²) in [7, 11) is 0. The van der Waals surface area contributed by atoms with E-state index >= 15 is 0 Å². The van der Waals surface area contributed by atoms with Crippen LogP contribution in [-0.4, -0.2) is 22.5 Å². The van der Waals surface area contributed by atoms with Crippen LogP contribution in [0.5, 0.6) is 5.75 Å². The molecule has 0 fully saturated rings. The molecule has 0 spiro atoms. The predicted octanol–water partition coefficient (Wildman–Crippen LogP) is 4.89. The molecule has 3 rings (SSSR count). The van der Waals surface area contributed by atoms with Gasteiger partial charge in [0.15, 0.2) is 0 Å². The number of rotatable bonds is 7. The lowest BCUT2D eigenvalue weighted by molar-refractivity contribution is -0.111. The first-order valence-electron chi connectivity index (χ1n) is 9.43.